The highest BCUT2D eigenvalue weighted by Gasteiger charge is 2.35. The molecule has 0 saturated carbocycles. The number of carbonyl (C=O) groups excluding carboxylic acids is 1. The molecule has 134 valence electrons. The zero-order chi connectivity index (χ0) is 18.7. The summed E-state index contributed by atoms with van der Waals surface area (Å²) in [4.78, 5) is 20.4. The van der Waals surface area contributed by atoms with Crippen molar-refractivity contribution in [3.05, 3.63) is 65.9 Å². The number of nitrogens with one attached hydrogen (secondary N) is 1. The van der Waals surface area contributed by atoms with E-state index in [4.69, 9.17) is 9.72 Å². The van der Waals surface area contributed by atoms with Gasteiger partial charge in [-0.3, -0.25) is 4.79 Å². The summed E-state index contributed by atoms with van der Waals surface area (Å²) >= 11 is 0. The fraction of sp³-hybridized carbons (Fsp3) is 0.250. The molecule has 2 aromatic heterocycles. The number of carbonyl (C=O) groups is 1. The number of benzene rings is 1. The van der Waals surface area contributed by atoms with E-state index in [9.17, 15) is 10.0 Å². The minimum Gasteiger partial charge on any atom is -0.619 e. The lowest BCUT2D eigenvalue weighted by molar-refractivity contribution is -0.605. The van der Waals surface area contributed by atoms with Crippen LogP contribution in [0.4, 0.5) is 0 Å². The Labute approximate surface area is 152 Å². The van der Waals surface area contributed by atoms with Crippen LogP contribution in [-0.2, 0) is 14.9 Å². The molecule has 0 bridgehead atoms. The normalized spacial score (nSPS) is 11.3. The van der Waals surface area contributed by atoms with Crippen LogP contribution in [0.5, 0.6) is 0 Å². The number of aromatic amines is 1. The molecule has 2 heterocycles. The van der Waals surface area contributed by atoms with Crippen molar-refractivity contribution in [2.45, 2.75) is 26.2 Å². The Morgan fingerprint density at radius 1 is 1.15 bits per heavy atom. The summed E-state index contributed by atoms with van der Waals surface area (Å²) in [5.74, 6) is 0.175. The largest absolute Gasteiger partial charge is 0.619 e. The number of ether oxygens (including phenoxy) is 1. The summed E-state index contributed by atoms with van der Waals surface area (Å²) in [7, 11) is 0. The van der Waals surface area contributed by atoms with Crippen molar-refractivity contribution in [1.82, 2.24) is 9.97 Å². The zero-order valence-electron chi connectivity index (χ0n) is 15.0. The minimum absolute atomic E-state index is 0.309. The van der Waals surface area contributed by atoms with Crippen molar-refractivity contribution in [3.63, 3.8) is 0 Å². The van der Waals surface area contributed by atoms with Crippen LogP contribution in [0.2, 0.25) is 0 Å². The maximum Gasteiger partial charge on any atom is 0.319 e. The fourth-order valence-corrected chi connectivity index (χ4v) is 2.67. The van der Waals surface area contributed by atoms with E-state index in [2.05, 4.69) is 4.98 Å². The number of hydrogen-bond donors (Lipinski definition) is 1. The van der Waals surface area contributed by atoms with Gasteiger partial charge >= 0.3 is 5.97 Å². The fourth-order valence-electron chi connectivity index (χ4n) is 2.67. The smallest absolute Gasteiger partial charge is 0.319 e. The van der Waals surface area contributed by atoms with Gasteiger partial charge in [0.1, 0.15) is 11.2 Å². The van der Waals surface area contributed by atoms with Gasteiger partial charge in [-0.1, -0.05) is 30.3 Å². The highest BCUT2D eigenvalue weighted by atomic mass is 16.5. The first kappa shape index (κ1) is 17.7. The van der Waals surface area contributed by atoms with Crippen LogP contribution in [-0.4, -0.2) is 22.5 Å². The number of esters is 1. The lowest BCUT2D eigenvalue weighted by Crippen LogP contribution is -2.32. The third-order valence-electron chi connectivity index (χ3n) is 4.22. The van der Waals surface area contributed by atoms with E-state index < -0.39 is 5.41 Å². The lowest BCUT2D eigenvalue weighted by Gasteiger charge is -2.19. The lowest BCUT2D eigenvalue weighted by atomic mass is 9.93. The van der Waals surface area contributed by atoms with Gasteiger partial charge in [-0.25, -0.2) is 4.98 Å². The summed E-state index contributed by atoms with van der Waals surface area (Å²) in [6, 6.07) is 13.2. The van der Waals surface area contributed by atoms with Crippen LogP contribution in [0.3, 0.4) is 0 Å². The first-order valence-electron chi connectivity index (χ1n) is 8.45. The van der Waals surface area contributed by atoms with Crippen LogP contribution >= 0.6 is 0 Å². The SMILES string of the molecule is CCOC(=O)C(C)(C)c1nc(-c2cc[n+]([O-])cc2)c(-c2ccccc2)[nH]1. The molecule has 0 spiro atoms. The molecule has 26 heavy (non-hydrogen) atoms. The quantitative estimate of drug-likeness (QED) is 0.435. The standard InChI is InChI=1S/C20H21N3O3/c1-4-26-19(24)20(2,3)18-21-16(14-8-6-5-7-9-14)17(22-18)15-10-12-23(25)13-11-15/h5-13H,4H2,1-3H3,(H,21,22). The predicted molar refractivity (Wildman–Crippen MR) is 98.1 cm³/mol. The van der Waals surface area contributed by atoms with Gasteiger partial charge in [-0.15, -0.1) is 0 Å². The predicted octanol–water partition coefficient (Wildman–Crippen LogP) is 3.22. The van der Waals surface area contributed by atoms with Crippen molar-refractivity contribution in [1.29, 1.82) is 0 Å². The molecule has 0 aliphatic rings. The number of pyridine rings is 1. The van der Waals surface area contributed by atoms with Crippen molar-refractivity contribution in [2.24, 2.45) is 0 Å². The van der Waals surface area contributed by atoms with Crippen LogP contribution < -0.4 is 4.73 Å². The molecule has 0 fully saturated rings. The van der Waals surface area contributed by atoms with Crippen molar-refractivity contribution in [2.75, 3.05) is 6.61 Å². The molecule has 0 aliphatic carbocycles. The van der Waals surface area contributed by atoms with Gasteiger partial charge in [0.2, 0.25) is 0 Å². The van der Waals surface area contributed by atoms with Gasteiger partial charge in [0, 0.05) is 23.3 Å². The van der Waals surface area contributed by atoms with E-state index in [1.807, 2.05) is 30.3 Å². The molecule has 0 radical (unpaired) electrons. The molecule has 0 atom stereocenters. The van der Waals surface area contributed by atoms with Crippen molar-refractivity contribution < 1.29 is 14.3 Å². The highest BCUT2D eigenvalue weighted by molar-refractivity contribution is 5.83. The van der Waals surface area contributed by atoms with E-state index in [0.29, 0.717) is 18.1 Å². The molecular formula is C20H21N3O3. The number of H-pyrrole nitrogens is 1. The summed E-state index contributed by atoms with van der Waals surface area (Å²) in [6.45, 7) is 5.64. The van der Waals surface area contributed by atoms with Crippen LogP contribution in [0.15, 0.2) is 54.9 Å². The Morgan fingerprint density at radius 3 is 2.42 bits per heavy atom. The number of aromatic nitrogens is 3. The Balaban J connectivity index is 2.15. The second kappa shape index (κ2) is 7.00. The molecule has 0 amide bonds. The maximum absolute atomic E-state index is 12.4. The number of nitrogens with zero attached hydrogens (tertiary/aromatic N) is 2. The van der Waals surface area contributed by atoms with Gasteiger partial charge in [-0.05, 0) is 20.8 Å². The number of rotatable bonds is 5. The first-order chi connectivity index (χ1) is 12.4. The molecule has 0 unspecified atom stereocenters. The van der Waals surface area contributed by atoms with E-state index >= 15 is 0 Å². The molecule has 3 aromatic rings. The Bertz CT molecular complexity index is 900. The third kappa shape index (κ3) is 3.31. The van der Waals surface area contributed by atoms with E-state index in [1.165, 1.54) is 12.4 Å². The Morgan fingerprint density at radius 2 is 1.81 bits per heavy atom. The van der Waals surface area contributed by atoms with Gasteiger partial charge in [-0.2, -0.15) is 4.73 Å². The molecule has 0 saturated heterocycles. The minimum atomic E-state index is -0.926. The second-order valence-corrected chi connectivity index (χ2v) is 6.47. The summed E-state index contributed by atoms with van der Waals surface area (Å²) in [5.41, 5.74) is 2.29. The van der Waals surface area contributed by atoms with E-state index in [0.717, 1.165) is 21.6 Å². The molecule has 0 aliphatic heterocycles. The summed E-state index contributed by atoms with van der Waals surface area (Å²) < 4.78 is 5.92. The topological polar surface area (TPSA) is 81.9 Å². The zero-order valence-corrected chi connectivity index (χ0v) is 15.0. The number of imidazole rings is 1. The molecular weight excluding hydrogens is 330 g/mol. The van der Waals surface area contributed by atoms with Crippen LogP contribution in [0, 0.1) is 5.21 Å². The summed E-state index contributed by atoms with van der Waals surface area (Å²) in [5, 5.41) is 11.4. The van der Waals surface area contributed by atoms with Gasteiger partial charge in [0.15, 0.2) is 12.4 Å². The van der Waals surface area contributed by atoms with Gasteiger partial charge < -0.3 is 14.9 Å². The maximum atomic E-state index is 12.4. The van der Waals surface area contributed by atoms with E-state index in [-0.39, 0.29) is 5.97 Å². The van der Waals surface area contributed by atoms with Gasteiger partial charge in [0.05, 0.1) is 18.0 Å². The average molecular weight is 351 g/mol. The molecule has 3 rings (SSSR count). The third-order valence-corrected chi connectivity index (χ3v) is 4.22. The van der Waals surface area contributed by atoms with Crippen LogP contribution in [0.25, 0.3) is 22.5 Å². The monoisotopic (exact) mass is 351 g/mol. The number of hydrogen-bond acceptors (Lipinski definition) is 4. The van der Waals surface area contributed by atoms with E-state index in [1.54, 1.807) is 32.9 Å². The summed E-state index contributed by atoms with van der Waals surface area (Å²) in [6.07, 6.45) is 2.85. The first-order valence-corrected chi connectivity index (χ1v) is 8.45. The second-order valence-electron chi connectivity index (χ2n) is 6.47. The van der Waals surface area contributed by atoms with Crippen molar-refractivity contribution >= 4 is 5.97 Å². The highest BCUT2D eigenvalue weighted by Crippen LogP contribution is 2.33. The molecule has 6 nitrogen and oxygen atoms in total. The van der Waals surface area contributed by atoms with Gasteiger partial charge in [0.25, 0.3) is 0 Å². The Hall–Kier alpha value is -3.15. The van der Waals surface area contributed by atoms with Crippen molar-refractivity contribution in [3.8, 4) is 22.5 Å². The Kier molecular flexibility index (Phi) is 4.75. The average Bonchev–Trinajstić information content (AvgIpc) is 3.09. The van der Waals surface area contributed by atoms with Crippen LogP contribution in [0.1, 0.15) is 26.6 Å². The molecule has 1 aromatic carbocycles. The molecule has 6 heteroatoms. The molecule has 1 N–H and O–H groups in total.